The van der Waals surface area contributed by atoms with Crippen LogP contribution in [-0.4, -0.2) is 22.7 Å². The standard InChI is InChI=1S/C9H19NO2/c1-5-6-8(12)10-9(3,4)7(2)11/h7,11H,5-6H2,1-4H3,(H,10,12). The quantitative estimate of drug-likeness (QED) is 0.668. The van der Waals surface area contributed by atoms with Crippen LogP contribution in [0.3, 0.4) is 0 Å². The second-order valence-electron chi connectivity index (χ2n) is 3.70. The Morgan fingerprint density at radius 1 is 1.58 bits per heavy atom. The zero-order valence-corrected chi connectivity index (χ0v) is 8.35. The van der Waals surface area contributed by atoms with E-state index in [0.29, 0.717) is 6.42 Å². The number of carbonyl (C=O) groups excluding carboxylic acids is 1. The Bertz CT molecular complexity index is 153. The Labute approximate surface area is 74.2 Å². The van der Waals surface area contributed by atoms with Crippen LogP contribution in [0.2, 0.25) is 0 Å². The molecule has 1 unspecified atom stereocenters. The number of rotatable bonds is 4. The molecule has 12 heavy (non-hydrogen) atoms. The monoisotopic (exact) mass is 173 g/mol. The molecule has 0 bridgehead atoms. The fourth-order valence-corrected chi connectivity index (χ4v) is 0.753. The van der Waals surface area contributed by atoms with Crippen LogP contribution in [0.25, 0.3) is 0 Å². The molecule has 2 N–H and O–H groups in total. The fourth-order valence-electron chi connectivity index (χ4n) is 0.753. The fraction of sp³-hybridized carbons (Fsp3) is 0.889. The van der Waals surface area contributed by atoms with Crippen molar-refractivity contribution in [1.29, 1.82) is 0 Å². The summed E-state index contributed by atoms with van der Waals surface area (Å²) in [5.74, 6) is 0.00315. The first-order chi connectivity index (χ1) is 5.40. The van der Waals surface area contributed by atoms with Crippen molar-refractivity contribution in [3.63, 3.8) is 0 Å². The van der Waals surface area contributed by atoms with E-state index in [-0.39, 0.29) is 5.91 Å². The van der Waals surface area contributed by atoms with Crippen molar-refractivity contribution in [2.24, 2.45) is 0 Å². The lowest BCUT2D eigenvalue weighted by molar-refractivity contribution is -0.124. The van der Waals surface area contributed by atoms with Gasteiger partial charge in [-0.2, -0.15) is 0 Å². The predicted octanol–water partition coefficient (Wildman–Crippen LogP) is 1.06. The third-order valence-electron chi connectivity index (χ3n) is 1.98. The van der Waals surface area contributed by atoms with Gasteiger partial charge in [-0.3, -0.25) is 4.79 Å². The molecule has 0 saturated heterocycles. The number of hydrogen-bond donors (Lipinski definition) is 2. The summed E-state index contributed by atoms with van der Waals surface area (Å²) in [7, 11) is 0. The van der Waals surface area contributed by atoms with E-state index in [4.69, 9.17) is 0 Å². The molecular weight excluding hydrogens is 154 g/mol. The van der Waals surface area contributed by atoms with Crippen LogP contribution in [0.1, 0.15) is 40.5 Å². The maximum atomic E-state index is 11.1. The topological polar surface area (TPSA) is 49.3 Å². The SMILES string of the molecule is CCCC(=O)NC(C)(C)C(C)O. The Kier molecular flexibility index (Phi) is 4.24. The molecule has 0 spiro atoms. The van der Waals surface area contributed by atoms with Gasteiger partial charge in [-0.25, -0.2) is 0 Å². The van der Waals surface area contributed by atoms with Crippen LogP contribution in [0.15, 0.2) is 0 Å². The highest BCUT2D eigenvalue weighted by atomic mass is 16.3. The molecular formula is C9H19NO2. The number of hydrogen-bond acceptors (Lipinski definition) is 2. The first-order valence-corrected chi connectivity index (χ1v) is 4.39. The van der Waals surface area contributed by atoms with Crippen LogP contribution in [0, 0.1) is 0 Å². The predicted molar refractivity (Wildman–Crippen MR) is 48.8 cm³/mol. The van der Waals surface area contributed by atoms with E-state index < -0.39 is 11.6 Å². The number of carbonyl (C=O) groups is 1. The van der Waals surface area contributed by atoms with Gasteiger partial charge in [0.2, 0.25) is 5.91 Å². The Hall–Kier alpha value is -0.570. The molecule has 0 aromatic heterocycles. The number of aliphatic hydroxyl groups is 1. The Morgan fingerprint density at radius 2 is 2.08 bits per heavy atom. The summed E-state index contributed by atoms with van der Waals surface area (Å²) < 4.78 is 0. The van der Waals surface area contributed by atoms with Crippen molar-refractivity contribution in [3.8, 4) is 0 Å². The summed E-state index contributed by atoms with van der Waals surface area (Å²) in [6, 6.07) is 0. The average molecular weight is 173 g/mol. The summed E-state index contributed by atoms with van der Waals surface area (Å²) in [5, 5.41) is 12.1. The maximum absolute atomic E-state index is 11.1. The van der Waals surface area contributed by atoms with E-state index in [1.54, 1.807) is 6.92 Å². The first kappa shape index (κ1) is 11.4. The van der Waals surface area contributed by atoms with E-state index in [9.17, 15) is 9.90 Å². The van der Waals surface area contributed by atoms with Gasteiger partial charge in [-0.05, 0) is 27.2 Å². The van der Waals surface area contributed by atoms with E-state index in [1.807, 2.05) is 20.8 Å². The van der Waals surface area contributed by atoms with Crippen molar-refractivity contribution in [2.45, 2.75) is 52.2 Å². The summed E-state index contributed by atoms with van der Waals surface area (Å²) in [6.45, 7) is 7.25. The highest BCUT2D eigenvalue weighted by molar-refractivity contribution is 5.76. The third-order valence-corrected chi connectivity index (χ3v) is 1.98. The number of aliphatic hydroxyl groups excluding tert-OH is 1. The van der Waals surface area contributed by atoms with Gasteiger partial charge in [-0.15, -0.1) is 0 Å². The van der Waals surface area contributed by atoms with Crippen molar-refractivity contribution in [2.75, 3.05) is 0 Å². The van der Waals surface area contributed by atoms with Crippen LogP contribution < -0.4 is 5.32 Å². The second kappa shape index (κ2) is 4.45. The molecule has 0 aliphatic rings. The normalized spacial score (nSPS) is 14.1. The van der Waals surface area contributed by atoms with Gasteiger partial charge in [0, 0.05) is 6.42 Å². The van der Waals surface area contributed by atoms with Gasteiger partial charge < -0.3 is 10.4 Å². The third kappa shape index (κ3) is 3.72. The highest BCUT2D eigenvalue weighted by Gasteiger charge is 2.25. The molecule has 1 atom stereocenters. The first-order valence-electron chi connectivity index (χ1n) is 4.39. The van der Waals surface area contributed by atoms with Gasteiger partial charge >= 0.3 is 0 Å². The molecule has 0 aromatic rings. The van der Waals surface area contributed by atoms with Crippen LogP contribution >= 0.6 is 0 Å². The van der Waals surface area contributed by atoms with Crippen LogP contribution in [0.4, 0.5) is 0 Å². The van der Waals surface area contributed by atoms with Crippen LogP contribution in [0.5, 0.6) is 0 Å². The second-order valence-corrected chi connectivity index (χ2v) is 3.70. The van der Waals surface area contributed by atoms with Crippen molar-refractivity contribution in [1.82, 2.24) is 5.32 Å². The van der Waals surface area contributed by atoms with Gasteiger partial charge in [-0.1, -0.05) is 6.92 Å². The molecule has 1 amide bonds. The van der Waals surface area contributed by atoms with Gasteiger partial charge in [0.15, 0.2) is 0 Å². The van der Waals surface area contributed by atoms with E-state index >= 15 is 0 Å². The molecule has 0 radical (unpaired) electrons. The minimum Gasteiger partial charge on any atom is -0.391 e. The summed E-state index contributed by atoms with van der Waals surface area (Å²) in [6.07, 6.45) is 0.830. The number of amides is 1. The summed E-state index contributed by atoms with van der Waals surface area (Å²) in [5.41, 5.74) is -0.522. The minimum atomic E-state index is -0.529. The molecule has 0 saturated carbocycles. The zero-order valence-electron chi connectivity index (χ0n) is 8.35. The maximum Gasteiger partial charge on any atom is 0.220 e. The molecule has 0 aromatic carbocycles. The Morgan fingerprint density at radius 3 is 2.42 bits per heavy atom. The lowest BCUT2D eigenvalue weighted by Crippen LogP contribution is -2.50. The molecule has 0 aliphatic heterocycles. The molecule has 0 fully saturated rings. The van der Waals surface area contributed by atoms with Gasteiger partial charge in [0.1, 0.15) is 0 Å². The molecule has 0 heterocycles. The molecule has 72 valence electrons. The van der Waals surface area contributed by atoms with Crippen molar-refractivity contribution >= 4 is 5.91 Å². The van der Waals surface area contributed by atoms with Gasteiger partial charge in [0.25, 0.3) is 0 Å². The van der Waals surface area contributed by atoms with E-state index in [0.717, 1.165) is 6.42 Å². The minimum absolute atomic E-state index is 0.00315. The summed E-state index contributed by atoms with van der Waals surface area (Å²) in [4.78, 5) is 11.1. The molecule has 3 heteroatoms. The van der Waals surface area contributed by atoms with Gasteiger partial charge in [0.05, 0.1) is 11.6 Å². The summed E-state index contributed by atoms with van der Waals surface area (Å²) >= 11 is 0. The zero-order chi connectivity index (χ0) is 9.78. The average Bonchev–Trinajstić information content (AvgIpc) is 1.85. The van der Waals surface area contributed by atoms with Crippen LogP contribution in [-0.2, 0) is 4.79 Å². The molecule has 3 nitrogen and oxygen atoms in total. The van der Waals surface area contributed by atoms with E-state index in [2.05, 4.69) is 5.32 Å². The molecule has 0 aliphatic carbocycles. The largest absolute Gasteiger partial charge is 0.391 e. The Balaban J connectivity index is 3.97. The van der Waals surface area contributed by atoms with Crippen molar-refractivity contribution < 1.29 is 9.90 Å². The molecule has 0 rings (SSSR count). The van der Waals surface area contributed by atoms with Crippen molar-refractivity contribution in [3.05, 3.63) is 0 Å². The lowest BCUT2D eigenvalue weighted by atomic mass is 9.98. The lowest BCUT2D eigenvalue weighted by Gasteiger charge is -2.29. The smallest absolute Gasteiger partial charge is 0.220 e. The highest BCUT2D eigenvalue weighted by Crippen LogP contribution is 2.08. The number of nitrogens with one attached hydrogen (secondary N) is 1. The van der Waals surface area contributed by atoms with E-state index in [1.165, 1.54) is 0 Å².